The smallest absolute Gasteiger partial charge is 0.264 e. The van der Waals surface area contributed by atoms with Crippen molar-refractivity contribution in [3.8, 4) is 0 Å². The second-order valence-electron chi connectivity index (χ2n) is 10.8. The monoisotopic (exact) mass is 651 g/mol. The Morgan fingerprint density at radius 3 is 2.09 bits per heavy atom. The van der Waals surface area contributed by atoms with E-state index < -0.39 is 28.5 Å². The summed E-state index contributed by atoms with van der Waals surface area (Å²) in [7, 11) is -4.25. The highest BCUT2D eigenvalue weighted by Crippen LogP contribution is 2.28. The van der Waals surface area contributed by atoms with Crippen LogP contribution >= 0.6 is 23.2 Å². The van der Waals surface area contributed by atoms with Gasteiger partial charge >= 0.3 is 0 Å². The van der Waals surface area contributed by atoms with Crippen molar-refractivity contribution in [2.75, 3.05) is 10.8 Å². The van der Waals surface area contributed by atoms with Gasteiger partial charge in [-0.3, -0.25) is 13.9 Å². The summed E-state index contributed by atoms with van der Waals surface area (Å²) in [5, 5.41) is 3.64. The van der Waals surface area contributed by atoms with Crippen molar-refractivity contribution in [1.82, 2.24) is 10.2 Å². The van der Waals surface area contributed by atoms with Crippen LogP contribution in [0.2, 0.25) is 10.0 Å². The van der Waals surface area contributed by atoms with Crippen LogP contribution in [-0.4, -0.2) is 43.8 Å². The first-order valence-corrected chi connectivity index (χ1v) is 16.4. The standard InChI is InChI=1S/C34H35Cl2N3O4S/c1-24(2)37-34(41)32(20-26-10-5-4-6-11-26)38(22-27-12-7-9-25(3)19-27)33(40)23-39(30-14-8-13-29(36)21-30)44(42,43)31-17-15-28(35)16-18-31/h4-19,21,24,32H,20,22-23H2,1-3H3,(H,37,41)/t32-/m0/s1. The van der Waals surface area contributed by atoms with E-state index in [9.17, 15) is 18.0 Å². The summed E-state index contributed by atoms with van der Waals surface area (Å²) in [6, 6.07) is 28.0. The van der Waals surface area contributed by atoms with Crippen molar-refractivity contribution in [1.29, 1.82) is 0 Å². The number of hydrogen-bond donors (Lipinski definition) is 1. The number of benzene rings is 4. The number of halogens is 2. The van der Waals surface area contributed by atoms with Gasteiger partial charge in [0.1, 0.15) is 12.6 Å². The third-order valence-electron chi connectivity index (χ3n) is 6.91. The van der Waals surface area contributed by atoms with E-state index in [2.05, 4.69) is 5.32 Å². The molecule has 1 N–H and O–H groups in total. The van der Waals surface area contributed by atoms with Gasteiger partial charge < -0.3 is 10.2 Å². The molecule has 10 heteroatoms. The van der Waals surface area contributed by atoms with Crippen molar-refractivity contribution in [3.63, 3.8) is 0 Å². The van der Waals surface area contributed by atoms with E-state index in [1.165, 1.54) is 35.2 Å². The molecular weight excluding hydrogens is 617 g/mol. The number of sulfonamides is 1. The summed E-state index contributed by atoms with van der Waals surface area (Å²) in [4.78, 5) is 29.6. The molecule has 0 unspecified atom stereocenters. The zero-order chi connectivity index (χ0) is 31.9. The minimum absolute atomic E-state index is 0.0432. The van der Waals surface area contributed by atoms with E-state index in [0.717, 1.165) is 21.0 Å². The highest BCUT2D eigenvalue weighted by Gasteiger charge is 2.35. The van der Waals surface area contributed by atoms with E-state index in [-0.39, 0.29) is 35.5 Å². The Balaban J connectivity index is 1.81. The first-order chi connectivity index (χ1) is 20.9. The van der Waals surface area contributed by atoms with Gasteiger partial charge in [0.15, 0.2) is 0 Å². The van der Waals surface area contributed by atoms with E-state index in [1.807, 2.05) is 75.4 Å². The molecule has 0 aromatic heterocycles. The third-order valence-corrected chi connectivity index (χ3v) is 9.19. The number of anilines is 1. The minimum Gasteiger partial charge on any atom is -0.352 e. The first kappa shape index (κ1) is 33.1. The van der Waals surface area contributed by atoms with Gasteiger partial charge in [-0.05, 0) is 74.4 Å². The lowest BCUT2D eigenvalue weighted by Crippen LogP contribution is -2.54. The van der Waals surface area contributed by atoms with Crippen LogP contribution in [0.15, 0.2) is 108 Å². The van der Waals surface area contributed by atoms with Crippen LogP contribution in [0.3, 0.4) is 0 Å². The average Bonchev–Trinajstić information content (AvgIpc) is 2.98. The van der Waals surface area contributed by atoms with E-state index in [1.54, 1.807) is 18.2 Å². The molecule has 4 rings (SSSR count). The van der Waals surface area contributed by atoms with Crippen LogP contribution in [-0.2, 0) is 32.6 Å². The number of nitrogens with zero attached hydrogens (tertiary/aromatic N) is 2. The number of rotatable bonds is 12. The molecule has 4 aromatic rings. The largest absolute Gasteiger partial charge is 0.352 e. The predicted molar refractivity (Wildman–Crippen MR) is 176 cm³/mol. The fourth-order valence-corrected chi connectivity index (χ4v) is 6.55. The molecule has 0 fully saturated rings. The Kier molecular flexibility index (Phi) is 11.1. The Bertz CT molecular complexity index is 1700. The van der Waals surface area contributed by atoms with Crippen LogP contribution < -0.4 is 9.62 Å². The van der Waals surface area contributed by atoms with Crippen molar-refractivity contribution in [2.45, 2.75) is 50.7 Å². The van der Waals surface area contributed by atoms with Gasteiger partial charge in [0, 0.05) is 29.1 Å². The van der Waals surface area contributed by atoms with E-state index >= 15 is 0 Å². The third kappa shape index (κ3) is 8.62. The van der Waals surface area contributed by atoms with Crippen LogP contribution in [0.4, 0.5) is 5.69 Å². The highest BCUT2D eigenvalue weighted by molar-refractivity contribution is 7.92. The van der Waals surface area contributed by atoms with Crippen molar-refractivity contribution in [3.05, 3.63) is 130 Å². The summed E-state index contributed by atoms with van der Waals surface area (Å²) in [6.07, 6.45) is 0.234. The van der Waals surface area contributed by atoms with Crippen LogP contribution in [0.1, 0.15) is 30.5 Å². The number of amides is 2. The van der Waals surface area contributed by atoms with Gasteiger partial charge in [0.05, 0.1) is 10.6 Å². The van der Waals surface area contributed by atoms with Crippen LogP contribution in [0, 0.1) is 6.92 Å². The molecule has 0 heterocycles. The van der Waals surface area contributed by atoms with Crippen molar-refractivity contribution < 1.29 is 18.0 Å². The molecule has 7 nitrogen and oxygen atoms in total. The number of carbonyl (C=O) groups is 2. The van der Waals surface area contributed by atoms with Crippen LogP contribution in [0.5, 0.6) is 0 Å². The van der Waals surface area contributed by atoms with E-state index in [0.29, 0.717) is 10.0 Å². The van der Waals surface area contributed by atoms with Gasteiger partial charge in [0.2, 0.25) is 11.8 Å². The normalized spacial score (nSPS) is 12.0. The Morgan fingerprint density at radius 2 is 1.45 bits per heavy atom. The highest BCUT2D eigenvalue weighted by atomic mass is 35.5. The molecule has 0 saturated carbocycles. The molecule has 0 spiro atoms. The molecule has 0 aliphatic carbocycles. The summed E-state index contributed by atoms with van der Waals surface area (Å²) < 4.78 is 29.1. The summed E-state index contributed by atoms with van der Waals surface area (Å²) >= 11 is 12.3. The summed E-state index contributed by atoms with van der Waals surface area (Å²) in [5.74, 6) is -0.886. The second-order valence-corrected chi connectivity index (χ2v) is 13.6. The Hall–Kier alpha value is -3.85. The summed E-state index contributed by atoms with van der Waals surface area (Å²) in [5.41, 5.74) is 2.87. The van der Waals surface area contributed by atoms with Crippen molar-refractivity contribution >= 4 is 50.7 Å². The molecule has 44 heavy (non-hydrogen) atoms. The molecular formula is C34H35Cl2N3O4S. The molecule has 0 saturated heterocycles. The predicted octanol–water partition coefficient (Wildman–Crippen LogP) is 6.66. The minimum atomic E-state index is -4.25. The Labute approximate surface area is 269 Å². The molecule has 4 aromatic carbocycles. The van der Waals surface area contributed by atoms with Gasteiger partial charge in [0.25, 0.3) is 10.0 Å². The van der Waals surface area contributed by atoms with Crippen molar-refractivity contribution in [2.24, 2.45) is 0 Å². The topological polar surface area (TPSA) is 86.8 Å². The number of nitrogens with one attached hydrogen (secondary N) is 1. The zero-order valence-corrected chi connectivity index (χ0v) is 27.1. The fourth-order valence-electron chi connectivity index (χ4n) is 4.84. The average molecular weight is 653 g/mol. The maximum atomic E-state index is 14.4. The van der Waals surface area contributed by atoms with Gasteiger partial charge in [-0.2, -0.15) is 0 Å². The van der Waals surface area contributed by atoms with Gasteiger partial charge in [-0.1, -0.05) is 89.4 Å². The lowest BCUT2D eigenvalue weighted by molar-refractivity contribution is -0.140. The van der Waals surface area contributed by atoms with Gasteiger partial charge in [-0.25, -0.2) is 8.42 Å². The molecule has 2 amide bonds. The molecule has 1 atom stereocenters. The lowest BCUT2D eigenvalue weighted by Gasteiger charge is -2.34. The SMILES string of the molecule is Cc1cccc(CN(C(=O)CN(c2cccc(Cl)c2)S(=O)(=O)c2ccc(Cl)cc2)[C@@H](Cc2ccccc2)C(=O)NC(C)C)c1. The van der Waals surface area contributed by atoms with Crippen LogP contribution in [0.25, 0.3) is 0 Å². The summed E-state index contributed by atoms with van der Waals surface area (Å²) in [6.45, 7) is 5.17. The maximum absolute atomic E-state index is 14.4. The number of aryl methyl sites for hydroxylation is 1. The molecule has 0 aliphatic heterocycles. The molecule has 0 radical (unpaired) electrons. The maximum Gasteiger partial charge on any atom is 0.264 e. The van der Waals surface area contributed by atoms with E-state index in [4.69, 9.17) is 23.2 Å². The molecule has 0 aliphatic rings. The Morgan fingerprint density at radius 1 is 0.795 bits per heavy atom. The molecule has 230 valence electrons. The quantitative estimate of drug-likeness (QED) is 0.186. The lowest BCUT2D eigenvalue weighted by atomic mass is 10.0. The first-order valence-electron chi connectivity index (χ1n) is 14.2. The number of hydrogen-bond acceptors (Lipinski definition) is 4. The van der Waals surface area contributed by atoms with Gasteiger partial charge in [-0.15, -0.1) is 0 Å². The fraction of sp³-hybridized carbons (Fsp3) is 0.235. The zero-order valence-electron chi connectivity index (χ0n) is 24.8. The second kappa shape index (κ2) is 14.8. The molecule has 0 bridgehead atoms. The number of carbonyl (C=O) groups excluding carboxylic acids is 2.